The molecule has 0 saturated carbocycles. The van der Waals surface area contributed by atoms with Crippen LogP contribution in [0.25, 0.3) is 10.9 Å². The summed E-state index contributed by atoms with van der Waals surface area (Å²) in [6.07, 6.45) is 6.07. The lowest BCUT2D eigenvalue weighted by Gasteiger charge is -2.46. The molecule has 1 aromatic heterocycles. The Bertz CT molecular complexity index is 1410. The Balaban J connectivity index is 1.61. The molecule has 7 heteroatoms. The van der Waals surface area contributed by atoms with Crippen molar-refractivity contribution in [2.24, 2.45) is 23.2 Å². The SMILES string of the molecule is CC1=CC(C)CC=CC2C(O)C(C)=C(C)C3C(Cc4c[nH]c5ccccc45)NC(=O)C23C(=O)CCC(=O)C1O. The number of aliphatic hydroxyl groups is 2. The van der Waals surface area contributed by atoms with Gasteiger partial charge in [0.25, 0.3) is 0 Å². The fourth-order valence-corrected chi connectivity index (χ4v) is 7.16. The van der Waals surface area contributed by atoms with E-state index >= 15 is 0 Å². The first-order valence-corrected chi connectivity index (χ1v) is 13.9. The van der Waals surface area contributed by atoms with E-state index in [1.54, 1.807) is 6.92 Å². The fourth-order valence-electron chi connectivity index (χ4n) is 7.16. The molecule has 1 fully saturated rings. The predicted octanol–water partition coefficient (Wildman–Crippen LogP) is 3.96. The summed E-state index contributed by atoms with van der Waals surface area (Å²) >= 11 is 0. The maximum atomic E-state index is 14.2. The van der Waals surface area contributed by atoms with Gasteiger partial charge in [0.05, 0.1) is 6.10 Å². The Labute approximate surface area is 229 Å². The van der Waals surface area contributed by atoms with E-state index in [1.165, 1.54) is 0 Å². The van der Waals surface area contributed by atoms with E-state index in [-0.39, 0.29) is 30.6 Å². The smallest absolute Gasteiger partial charge is 0.235 e. The largest absolute Gasteiger partial charge is 0.388 e. The number of amides is 1. The van der Waals surface area contributed by atoms with Crippen molar-refractivity contribution in [3.05, 3.63) is 71.0 Å². The third kappa shape index (κ3) is 4.42. The molecule has 2 aromatic rings. The quantitative estimate of drug-likeness (QED) is 0.346. The second kappa shape index (κ2) is 10.4. The van der Waals surface area contributed by atoms with E-state index in [1.807, 2.05) is 69.5 Å². The second-order valence-corrected chi connectivity index (χ2v) is 11.7. The van der Waals surface area contributed by atoms with E-state index in [2.05, 4.69) is 10.3 Å². The van der Waals surface area contributed by atoms with Crippen molar-refractivity contribution in [1.82, 2.24) is 10.3 Å². The number of carbonyl (C=O) groups excluding carboxylic acids is 3. The fraction of sp³-hybridized carbons (Fsp3) is 0.469. The maximum absolute atomic E-state index is 14.2. The van der Waals surface area contributed by atoms with Crippen molar-refractivity contribution < 1.29 is 24.6 Å². The average Bonchev–Trinajstić information content (AvgIpc) is 3.45. The molecular formula is C32H38N2O5. The normalized spacial score (nSPS) is 34.1. The van der Waals surface area contributed by atoms with Crippen molar-refractivity contribution >= 4 is 28.4 Å². The number of para-hydroxylation sites is 1. The van der Waals surface area contributed by atoms with E-state index < -0.39 is 41.1 Å². The molecule has 0 bridgehead atoms. The van der Waals surface area contributed by atoms with Gasteiger partial charge in [-0.05, 0) is 62.3 Å². The average molecular weight is 531 g/mol. The lowest BCUT2D eigenvalue weighted by molar-refractivity contribution is -0.148. The summed E-state index contributed by atoms with van der Waals surface area (Å²) in [6, 6.07) is 7.62. The summed E-state index contributed by atoms with van der Waals surface area (Å²) in [5.74, 6) is -2.40. The molecule has 2 aliphatic carbocycles. The van der Waals surface area contributed by atoms with Gasteiger partial charge in [-0.15, -0.1) is 0 Å². The Morgan fingerprint density at radius 3 is 2.54 bits per heavy atom. The number of hydrogen-bond acceptors (Lipinski definition) is 5. The third-order valence-electron chi connectivity index (χ3n) is 9.29. The van der Waals surface area contributed by atoms with Gasteiger partial charge in [-0.2, -0.15) is 0 Å². The lowest BCUT2D eigenvalue weighted by atomic mass is 9.54. The zero-order chi connectivity index (χ0) is 28.1. The number of rotatable bonds is 2. The molecule has 1 spiro atoms. The topological polar surface area (TPSA) is 119 Å². The first kappa shape index (κ1) is 27.3. The molecule has 1 saturated heterocycles. The molecule has 7 atom stereocenters. The molecule has 1 amide bonds. The maximum Gasteiger partial charge on any atom is 0.235 e. The number of carbonyl (C=O) groups is 3. The van der Waals surface area contributed by atoms with Crippen molar-refractivity contribution in [2.45, 2.75) is 71.6 Å². The summed E-state index contributed by atoms with van der Waals surface area (Å²) in [5, 5.41) is 26.3. The highest BCUT2D eigenvalue weighted by Crippen LogP contribution is 2.55. The van der Waals surface area contributed by atoms with Gasteiger partial charge in [0.2, 0.25) is 5.91 Å². The number of H-pyrrole nitrogens is 1. The minimum atomic E-state index is -1.54. The minimum absolute atomic E-state index is 0.0260. The highest BCUT2D eigenvalue weighted by Gasteiger charge is 2.66. The summed E-state index contributed by atoms with van der Waals surface area (Å²) in [5.41, 5.74) is 2.68. The van der Waals surface area contributed by atoms with Crippen LogP contribution in [0.3, 0.4) is 0 Å². The number of allylic oxidation sites excluding steroid dienone is 2. The number of aliphatic hydroxyl groups excluding tert-OH is 2. The molecule has 5 rings (SSSR count). The minimum Gasteiger partial charge on any atom is -0.388 e. The standard InChI is InChI=1S/C32H38N2O5/c1-17-8-7-10-23-30(38)20(4)19(3)28-25(15-21-16-33-24-11-6-5-9-22(21)24)34-31(39)32(23,28)27(36)13-12-26(35)29(37)18(2)14-17/h5-7,9-11,14,16-17,23,25,28-30,33,37-38H,8,12-13,15H2,1-4H3,(H,34,39). The lowest BCUT2D eigenvalue weighted by Crippen LogP contribution is -2.55. The van der Waals surface area contributed by atoms with Crippen LogP contribution in [0.4, 0.5) is 0 Å². The molecule has 0 radical (unpaired) electrons. The molecule has 2 heterocycles. The summed E-state index contributed by atoms with van der Waals surface area (Å²) in [4.78, 5) is 44.5. The highest BCUT2D eigenvalue weighted by atomic mass is 16.3. The second-order valence-electron chi connectivity index (χ2n) is 11.7. The molecule has 3 aliphatic rings. The van der Waals surface area contributed by atoms with Gasteiger partial charge in [0, 0.05) is 47.8 Å². The number of ketones is 2. The van der Waals surface area contributed by atoms with Crippen LogP contribution < -0.4 is 5.32 Å². The number of benzene rings is 1. The van der Waals surface area contributed by atoms with E-state index in [9.17, 15) is 24.6 Å². The van der Waals surface area contributed by atoms with Crippen LogP contribution in [0, 0.1) is 23.2 Å². The number of aromatic amines is 1. The van der Waals surface area contributed by atoms with Crippen molar-refractivity contribution in [2.75, 3.05) is 0 Å². The molecular weight excluding hydrogens is 492 g/mol. The monoisotopic (exact) mass is 530 g/mol. The van der Waals surface area contributed by atoms with Crippen LogP contribution in [0.2, 0.25) is 0 Å². The molecule has 7 nitrogen and oxygen atoms in total. The van der Waals surface area contributed by atoms with Gasteiger partial charge in [-0.3, -0.25) is 14.4 Å². The highest BCUT2D eigenvalue weighted by molar-refractivity contribution is 6.10. The number of hydrogen-bond donors (Lipinski definition) is 4. The van der Waals surface area contributed by atoms with Crippen LogP contribution in [0.15, 0.2) is 65.4 Å². The summed E-state index contributed by atoms with van der Waals surface area (Å²) in [6.45, 7) is 7.50. The van der Waals surface area contributed by atoms with Crippen molar-refractivity contribution in [3.8, 4) is 0 Å². The Hall–Kier alpha value is -3.29. The summed E-state index contributed by atoms with van der Waals surface area (Å²) in [7, 11) is 0. The number of Topliss-reactive ketones (excluding diaryl/α,β-unsaturated/α-hetero) is 2. The molecule has 206 valence electrons. The molecule has 7 unspecified atom stereocenters. The van der Waals surface area contributed by atoms with Gasteiger partial charge in [-0.1, -0.05) is 48.9 Å². The number of fused-ring (bicyclic) bond motifs is 1. The van der Waals surface area contributed by atoms with Gasteiger partial charge >= 0.3 is 0 Å². The molecule has 4 N–H and O–H groups in total. The number of nitrogens with one attached hydrogen (secondary N) is 2. The van der Waals surface area contributed by atoms with Crippen LogP contribution >= 0.6 is 0 Å². The van der Waals surface area contributed by atoms with Crippen LogP contribution in [-0.2, 0) is 20.8 Å². The molecule has 1 aromatic carbocycles. The van der Waals surface area contributed by atoms with Gasteiger partial charge in [0.1, 0.15) is 17.3 Å². The predicted molar refractivity (Wildman–Crippen MR) is 150 cm³/mol. The Morgan fingerprint density at radius 2 is 1.77 bits per heavy atom. The summed E-state index contributed by atoms with van der Waals surface area (Å²) < 4.78 is 0. The van der Waals surface area contributed by atoms with E-state index in [0.29, 0.717) is 18.4 Å². The zero-order valence-electron chi connectivity index (χ0n) is 23.0. The number of aromatic nitrogens is 1. The van der Waals surface area contributed by atoms with E-state index in [0.717, 1.165) is 27.6 Å². The van der Waals surface area contributed by atoms with Gasteiger partial charge < -0.3 is 20.5 Å². The van der Waals surface area contributed by atoms with Crippen molar-refractivity contribution in [3.63, 3.8) is 0 Å². The zero-order valence-corrected chi connectivity index (χ0v) is 23.0. The Kier molecular flexibility index (Phi) is 7.25. The van der Waals surface area contributed by atoms with Crippen LogP contribution in [-0.4, -0.2) is 50.9 Å². The first-order valence-electron chi connectivity index (χ1n) is 13.9. The van der Waals surface area contributed by atoms with Gasteiger partial charge in [0.15, 0.2) is 5.78 Å². The van der Waals surface area contributed by atoms with E-state index in [4.69, 9.17) is 0 Å². The Morgan fingerprint density at radius 1 is 1.03 bits per heavy atom. The van der Waals surface area contributed by atoms with Crippen LogP contribution in [0.1, 0.15) is 52.5 Å². The van der Waals surface area contributed by atoms with Crippen molar-refractivity contribution in [1.29, 1.82) is 0 Å². The van der Waals surface area contributed by atoms with Gasteiger partial charge in [-0.25, -0.2) is 0 Å². The van der Waals surface area contributed by atoms with Crippen LogP contribution in [0.5, 0.6) is 0 Å². The molecule has 39 heavy (non-hydrogen) atoms. The first-order chi connectivity index (χ1) is 18.6. The third-order valence-corrected chi connectivity index (χ3v) is 9.29. The molecule has 1 aliphatic heterocycles.